The highest BCUT2D eigenvalue weighted by Crippen LogP contribution is 2.29. The SMILES string of the molecule is O=C(O)c1ccc(NC2C(=O)Nc3ccccc3N=C2c2ccccc2)cc1. The number of carboxylic acid groups (broad SMARTS) is 1. The van der Waals surface area contributed by atoms with E-state index in [1.807, 2.05) is 54.6 Å². The number of anilines is 2. The Morgan fingerprint density at radius 1 is 0.929 bits per heavy atom. The molecule has 1 aliphatic rings. The average Bonchev–Trinajstić information content (AvgIpc) is 2.85. The van der Waals surface area contributed by atoms with Crippen LogP contribution in [0, 0.1) is 0 Å². The molecular weight excluding hydrogens is 354 g/mol. The van der Waals surface area contributed by atoms with Crippen molar-refractivity contribution in [2.45, 2.75) is 6.04 Å². The summed E-state index contributed by atoms with van der Waals surface area (Å²) in [6.07, 6.45) is 0. The lowest BCUT2D eigenvalue weighted by Crippen LogP contribution is -2.41. The average molecular weight is 371 g/mol. The number of para-hydroxylation sites is 2. The van der Waals surface area contributed by atoms with Gasteiger partial charge in [-0.05, 0) is 42.0 Å². The van der Waals surface area contributed by atoms with Crippen LogP contribution in [-0.4, -0.2) is 28.7 Å². The first-order valence-corrected chi connectivity index (χ1v) is 8.75. The highest BCUT2D eigenvalue weighted by molar-refractivity contribution is 6.23. The first-order valence-electron chi connectivity index (χ1n) is 8.75. The Kier molecular flexibility index (Phi) is 4.60. The van der Waals surface area contributed by atoms with Gasteiger partial charge >= 0.3 is 5.97 Å². The number of carbonyl (C=O) groups excluding carboxylic acids is 1. The molecule has 1 aliphatic heterocycles. The van der Waals surface area contributed by atoms with Crippen molar-refractivity contribution in [2.24, 2.45) is 4.99 Å². The van der Waals surface area contributed by atoms with E-state index in [-0.39, 0.29) is 11.5 Å². The fraction of sp³-hybridized carbons (Fsp3) is 0.0455. The van der Waals surface area contributed by atoms with Crippen LogP contribution in [0.5, 0.6) is 0 Å². The van der Waals surface area contributed by atoms with Gasteiger partial charge in [0, 0.05) is 5.69 Å². The van der Waals surface area contributed by atoms with Crippen molar-refractivity contribution < 1.29 is 14.7 Å². The van der Waals surface area contributed by atoms with E-state index < -0.39 is 12.0 Å². The van der Waals surface area contributed by atoms with Crippen LogP contribution in [0.15, 0.2) is 83.9 Å². The molecule has 0 bridgehead atoms. The highest BCUT2D eigenvalue weighted by Gasteiger charge is 2.29. The fourth-order valence-corrected chi connectivity index (χ4v) is 3.05. The van der Waals surface area contributed by atoms with Crippen molar-refractivity contribution in [3.05, 3.63) is 90.0 Å². The van der Waals surface area contributed by atoms with Gasteiger partial charge in [-0.2, -0.15) is 0 Å². The molecule has 3 N–H and O–H groups in total. The molecule has 28 heavy (non-hydrogen) atoms. The maximum atomic E-state index is 13.0. The Morgan fingerprint density at radius 3 is 2.32 bits per heavy atom. The maximum absolute atomic E-state index is 13.0. The van der Waals surface area contributed by atoms with Crippen LogP contribution in [0.25, 0.3) is 0 Å². The molecule has 0 aromatic heterocycles. The summed E-state index contributed by atoms with van der Waals surface area (Å²) < 4.78 is 0. The monoisotopic (exact) mass is 371 g/mol. The molecule has 0 fully saturated rings. The van der Waals surface area contributed by atoms with Crippen molar-refractivity contribution in [1.29, 1.82) is 0 Å². The van der Waals surface area contributed by atoms with Crippen LogP contribution in [-0.2, 0) is 4.79 Å². The number of fused-ring (bicyclic) bond motifs is 1. The zero-order valence-electron chi connectivity index (χ0n) is 14.8. The third kappa shape index (κ3) is 3.48. The smallest absolute Gasteiger partial charge is 0.335 e. The van der Waals surface area contributed by atoms with Crippen molar-refractivity contribution in [3.63, 3.8) is 0 Å². The van der Waals surface area contributed by atoms with Gasteiger partial charge in [0.2, 0.25) is 0 Å². The minimum absolute atomic E-state index is 0.181. The number of carboxylic acids is 1. The van der Waals surface area contributed by atoms with E-state index in [4.69, 9.17) is 10.1 Å². The number of benzene rings is 3. The molecule has 3 aromatic rings. The number of hydrogen-bond acceptors (Lipinski definition) is 4. The third-order valence-electron chi connectivity index (χ3n) is 4.45. The number of aliphatic imine (C=N–C) groups is 1. The summed E-state index contributed by atoms with van der Waals surface area (Å²) in [5.74, 6) is -1.24. The Morgan fingerprint density at radius 2 is 1.61 bits per heavy atom. The molecule has 4 rings (SSSR count). The van der Waals surface area contributed by atoms with Gasteiger partial charge in [-0.15, -0.1) is 0 Å². The summed E-state index contributed by atoms with van der Waals surface area (Å²) in [5.41, 5.74) is 3.55. The third-order valence-corrected chi connectivity index (χ3v) is 4.45. The number of aromatic carboxylic acids is 1. The zero-order valence-corrected chi connectivity index (χ0v) is 14.8. The molecule has 0 radical (unpaired) electrons. The molecule has 0 saturated carbocycles. The Labute approximate surface area is 161 Å². The first kappa shape index (κ1) is 17.5. The maximum Gasteiger partial charge on any atom is 0.335 e. The minimum atomic E-state index is -0.999. The zero-order chi connectivity index (χ0) is 19.5. The van der Waals surface area contributed by atoms with Crippen LogP contribution in [0.3, 0.4) is 0 Å². The molecule has 138 valence electrons. The van der Waals surface area contributed by atoms with Gasteiger partial charge in [-0.1, -0.05) is 42.5 Å². The van der Waals surface area contributed by atoms with E-state index in [9.17, 15) is 9.59 Å². The Balaban J connectivity index is 1.75. The van der Waals surface area contributed by atoms with Gasteiger partial charge in [0.25, 0.3) is 5.91 Å². The van der Waals surface area contributed by atoms with Crippen molar-refractivity contribution in [2.75, 3.05) is 10.6 Å². The molecule has 3 aromatic carbocycles. The van der Waals surface area contributed by atoms with E-state index in [2.05, 4.69) is 10.6 Å². The molecule has 0 saturated heterocycles. The summed E-state index contributed by atoms with van der Waals surface area (Å²) in [6, 6.07) is 22.4. The Bertz CT molecular complexity index is 1060. The molecule has 1 amide bonds. The van der Waals surface area contributed by atoms with Crippen LogP contribution < -0.4 is 10.6 Å². The van der Waals surface area contributed by atoms with Gasteiger partial charge < -0.3 is 15.7 Å². The number of hydrogen-bond donors (Lipinski definition) is 3. The number of nitrogens with one attached hydrogen (secondary N) is 2. The topological polar surface area (TPSA) is 90.8 Å². The second-order valence-corrected chi connectivity index (χ2v) is 6.33. The molecule has 1 heterocycles. The second-order valence-electron chi connectivity index (χ2n) is 6.33. The lowest BCUT2D eigenvalue weighted by molar-refractivity contribution is -0.115. The summed E-state index contributed by atoms with van der Waals surface area (Å²) in [4.78, 5) is 28.8. The normalized spacial score (nSPS) is 15.6. The van der Waals surface area contributed by atoms with E-state index in [0.29, 0.717) is 22.8 Å². The number of amides is 1. The minimum Gasteiger partial charge on any atom is -0.478 e. The van der Waals surface area contributed by atoms with Gasteiger partial charge in [0.05, 0.1) is 22.6 Å². The summed E-state index contributed by atoms with van der Waals surface area (Å²) in [5, 5.41) is 15.2. The predicted octanol–water partition coefficient (Wildman–Crippen LogP) is 3.94. The van der Waals surface area contributed by atoms with Gasteiger partial charge in [-0.25, -0.2) is 9.79 Å². The van der Waals surface area contributed by atoms with Crippen molar-refractivity contribution in [3.8, 4) is 0 Å². The molecule has 1 atom stereocenters. The van der Waals surface area contributed by atoms with Gasteiger partial charge in [0.15, 0.2) is 0 Å². The predicted molar refractivity (Wildman–Crippen MR) is 109 cm³/mol. The summed E-state index contributed by atoms with van der Waals surface area (Å²) in [7, 11) is 0. The second kappa shape index (κ2) is 7.36. The van der Waals surface area contributed by atoms with Crippen LogP contribution in [0.2, 0.25) is 0 Å². The van der Waals surface area contributed by atoms with Gasteiger partial charge in [-0.3, -0.25) is 4.79 Å². The van der Waals surface area contributed by atoms with Crippen LogP contribution in [0.4, 0.5) is 17.1 Å². The molecule has 1 unspecified atom stereocenters. The number of carbonyl (C=O) groups is 2. The van der Waals surface area contributed by atoms with Crippen molar-refractivity contribution in [1.82, 2.24) is 0 Å². The largest absolute Gasteiger partial charge is 0.478 e. The van der Waals surface area contributed by atoms with E-state index in [1.165, 1.54) is 12.1 Å². The lowest BCUT2D eigenvalue weighted by atomic mass is 10.0. The van der Waals surface area contributed by atoms with E-state index in [0.717, 1.165) is 5.56 Å². The first-order chi connectivity index (χ1) is 13.6. The summed E-state index contributed by atoms with van der Waals surface area (Å²) in [6.45, 7) is 0. The standard InChI is InChI=1S/C22H17N3O3/c26-21-20(23-16-12-10-15(11-13-16)22(27)28)19(14-6-2-1-3-7-14)24-17-8-4-5-9-18(17)25-21/h1-13,20,23H,(H,25,26)(H,27,28). The number of nitrogens with zero attached hydrogens (tertiary/aromatic N) is 1. The highest BCUT2D eigenvalue weighted by atomic mass is 16.4. The van der Waals surface area contributed by atoms with Crippen LogP contribution >= 0.6 is 0 Å². The number of rotatable bonds is 4. The molecular formula is C22H17N3O3. The molecule has 6 heteroatoms. The fourth-order valence-electron chi connectivity index (χ4n) is 3.05. The van der Waals surface area contributed by atoms with Crippen LogP contribution in [0.1, 0.15) is 15.9 Å². The summed E-state index contributed by atoms with van der Waals surface area (Å²) >= 11 is 0. The molecule has 0 aliphatic carbocycles. The molecule has 6 nitrogen and oxygen atoms in total. The quantitative estimate of drug-likeness (QED) is 0.648. The molecule has 0 spiro atoms. The van der Waals surface area contributed by atoms with E-state index >= 15 is 0 Å². The lowest BCUT2D eigenvalue weighted by Gasteiger charge is -2.19. The van der Waals surface area contributed by atoms with Crippen molar-refractivity contribution >= 4 is 34.7 Å². The van der Waals surface area contributed by atoms with E-state index in [1.54, 1.807) is 12.1 Å². The van der Waals surface area contributed by atoms with Gasteiger partial charge in [0.1, 0.15) is 6.04 Å². The Hall–Kier alpha value is -3.93.